The molecule has 8 nitrogen and oxygen atoms in total. The van der Waals surface area contributed by atoms with Gasteiger partial charge in [-0.15, -0.1) is 0 Å². The Kier molecular flexibility index (Phi) is 7.67. The molecule has 9 heteroatoms. The van der Waals surface area contributed by atoms with Crippen molar-refractivity contribution in [3.63, 3.8) is 0 Å². The molecule has 1 N–H and O–H groups in total. The van der Waals surface area contributed by atoms with Crippen LogP contribution in [0.2, 0.25) is 0 Å². The van der Waals surface area contributed by atoms with Gasteiger partial charge in [0.2, 0.25) is 0 Å². The molecule has 2 aromatic carbocycles. The van der Waals surface area contributed by atoms with Gasteiger partial charge in [-0.25, -0.2) is 4.79 Å². The van der Waals surface area contributed by atoms with Gasteiger partial charge in [0, 0.05) is 0 Å². The predicted octanol–water partition coefficient (Wildman–Crippen LogP) is 3.89. The molecule has 0 spiro atoms. The molecule has 2 aromatic rings. The maximum Gasteiger partial charge on any atom is 0.408 e. The predicted molar refractivity (Wildman–Crippen MR) is 114 cm³/mol. The van der Waals surface area contributed by atoms with Crippen LogP contribution in [0.15, 0.2) is 53.4 Å². The molecular weight excluding hydrogens is 422 g/mol. The Morgan fingerprint density at radius 3 is 2.19 bits per heavy atom. The topological polar surface area (TPSA) is 108 Å². The summed E-state index contributed by atoms with van der Waals surface area (Å²) < 4.78 is 40.3. The number of rotatable bonds is 7. The fourth-order valence-electron chi connectivity index (χ4n) is 2.72. The summed E-state index contributed by atoms with van der Waals surface area (Å²) in [5.41, 5.74) is 0.414. The van der Waals surface area contributed by atoms with Crippen LogP contribution in [0.4, 0.5) is 4.79 Å². The molecule has 0 bridgehead atoms. The second-order valence-corrected chi connectivity index (χ2v) is 9.37. The number of esters is 1. The van der Waals surface area contributed by atoms with E-state index in [4.69, 9.17) is 13.7 Å². The summed E-state index contributed by atoms with van der Waals surface area (Å²) >= 11 is 0. The minimum Gasteiger partial charge on any atom is -0.469 e. The van der Waals surface area contributed by atoms with E-state index in [-0.39, 0.29) is 17.1 Å². The second-order valence-electron chi connectivity index (χ2n) is 7.85. The summed E-state index contributed by atoms with van der Waals surface area (Å²) in [7, 11) is -2.75. The van der Waals surface area contributed by atoms with Gasteiger partial charge in [0.05, 0.1) is 19.6 Å². The number of alkyl carbamates (subject to hydrolysis) is 1. The monoisotopic (exact) mass is 449 g/mol. The third-order valence-electron chi connectivity index (χ3n) is 4.14. The van der Waals surface area contributed by atoms with E-state index in [0.717, 1.165) is 0 Å². The molecule has 0 saturated carbocycles. The Morgan fingerprint density at radius 2 is 1.65 bits per heavy atom. The van der Waals surface area contributed by atoms with Gasteiger partial charge >= 0.3 is 22.2 Å². The van der Waals surface area contributed by atoms with E-state index in [1.165, 1.54) is 25.3 Å². The zero-order valence-electron chi connectivity index (χ0n) is 18.2. The van der Waals surface area contributed by atoms with Gasteiger partial charge in [0.25, 0.3) is 0 Å². The first-order chi connectivity index (χ1) is 14.4. The molecule has 1 unspecified atom stereocenters. The fraction of sp³-hybridized carbons (Fsp3) is 0.364. The average molecular weight is 450 g/mol. The molecule has 0 aliphatic heterocycles. The molecule has 0 radical (unpaired) electrons. The van der Waals surface area contributed by atoms with Crippen LogP contribution in [0.3, 0.4) is 0 Å². The first-order valence-corrected chi connectivity index (χ1v) is 11.0. The molecule has 31 heavy (non-hydrogen) atoms. The Balaban J connectivity index is 2.21. The zero-order chi connectivity index (χ0) is 23.2. The minimum atomic E-state index is -4.00. The highest BCUT2D eigenvalue weighted by Gasteiger charge is 2.24. The van der Waals surface area contributed by atoms with E-state index >= 15 is 0 Å². The number of methoxy groups -OCH3 is 1. The number of carbonyl (C=O) groups excluding carboxylic acids is 2. The fourth-order valence-corrected chi connectivity index (χ4v) is 3.88. The lowest BCUT2D eigenvalue weighted by Gasteiger charge is -2.23. The molecule has 2 rings (SSSR count). The normalized spacial score (nSPS) is 12.5. The first kappa shape index (κ1) is 24.2. The van der Waals surface area contributed by atoms with Gasteiger partial charge in [-0.05, 0) is 57.0 Å². The lowest BCUT2D eigenvalue weighted by atomic mass is 10.0. The van der Waals surface area contributed by atoms with Gasteiger partial charge in [-0.2, -0.15) is 8.42 Å². The highest BCUT2D eigenvalue weighted by atomic mass is 32.2. The van der Waals surface area contributed by atoms with Gasteiger partial charge in [0.15, 0.2) is 0 Å². The SMILES string of the molecule is COC(=O)CC(NC(=O)OC(C)(C)C)c1ccc(OS(=O)(=O)c2ccccc2C)cc1. The van der Waals surface area contributed by atoms with Gasteiger partial charge < -0.3 is 19.0 Å². The van der Waals surface area contributed by atoms with Crippen LogP contribution >= 0.6 is 0 Å². The van der Waals surface area contributed by atoms with Crippen LogP contribution in [0.5, 0.6) is 5.75 Å². The van der Waals surface area contributed by atoms with Crippen LogP contribution < -0.4 is 9.50 Å². The van der Waals surface area contributed by atoms with E-state index in [9.17, 15) is 18.0 Å². The molecule has 0 aromatic heterocycles. The highest BCUT2D eigenvalue weighted by Crippen LogP contribution is 2.25. The van der Waals surface area contributed by atoms with Crippen molar-refractivity contribution in [3.05, 3.63) is 59.7 Å². The minimum absolute atomic E-state index is 0.0780. The van der Waals surface area contributed by atoms with Crippen molar-refractivity contribution < 1.29 is 31.7 Å². The molecule has 168 valence electrons. The van der Waals surface area contributed by atoms with Crippen molar-refractivity contribution in [1.29, 1.82) is 0 Å². The van der Waals surface area contributed by atoms with E-state index in [1.807, 2.05) is 0 Å². The number of amides is 1. The largest absolute Gasteiger partial charge is 0.469 e. The maximum atomic E-state index is 12.5. The Hall–Kier alpha value is -3.07. The number of aryl methyl sites for hydroxylation is 1. The number of nitrogens with one attached hydrogen (secondary N) is 1. The number of hydrogen-bond acceptors (Lipinski definition) is 7. The third kappa shape index (κ3) is 7.29. The molecule has 0 saturated heterocycles. The molecular formula is C22H27NO7S. The Labute approximate surface area is 182 Å². The number of ether oxygens (including phenoxy) is 2. The summed E-state index contributed by atoms with van der Waals surface area (Å²) in [6, 6.07) is 11.8. The van der Waals surface area contributed by atoms with Gasteiger partial charge in [-0.1, -0.05) is 30.3 Å². The Bertz CT molecular complexity index is 1020. The summed E-state index contributed by atoms with van der Waals surface area (Å²) in [5, 5.41) is 2.64. The number of hydrogen-bond donors (Lipinski definition) is 1. The molecule has 1 amide bonds. The molecule has 0 fully saturated rings. The second kappa shape index (κ2) is 9.82. The molecule has 1 atom stereocenters. The van der Waals surface area contributed by atoms with E-state index in [0.29, 0.717) is 11.1 Å². The third-order valence-corrected chi connectivity index (χ3v) is 5.55. The van der Waals surface area contributed by atoms with Crippen molar-refractivity contribution in [2.75, 3.05) is 7.11 Å². The number of benzene rings is 2. The number of carbonyl (C=O) groups is 2. The quantitative estimate of drug-likeness (QED) is 0.505. The van der Waals surface area contributed by atoms with Crippen LogP contribution in [0.25, 0.3) is 0 Å². The highest BCUT2D eigenvalue weighted by molar-refractivity contribution is 7.87. The summed E-state index contributed by atoms with van der Waals surface area (Å²) in [5.74, 6) is -0.426. The smallest absolute Gasteiger partial charge is 0.408 e. The van der Waals surface area contributed by atoms with Gasteiger partial charge in [-0.3, -0.25) is 4.79 Å². The van der Waals surface area contributed by atoms with Crippen LogP contribution in [0, 0.1) is 6.92 Å². The molecule has 0 aliphatic carbocycles. The Morgan fingerprint density at radius 1 is 1.03 bits per heavy atom. The summed E-state index contributed by atoms with van der Waals surface area (Å²) in [6.07, 6.45) is -0.818. The van der Waals surface area contributed by atoms with Crippen molar-refractivity contribution >= 4 is 22.2 Å². The molecule has 0 aliphatic rings. The van der Waals surface area contributed by atoms with E-state index in [2.05, 4.69) is 5.32 Å². The zero-order valence-corrected chi connectivity index (χ0v) is 19.0. The van der Waals surface area contributed by atoms with Crippen molar-refractivity contribution in [2.24, 2.45) is 0 Å². The van der Waals surface area contributed by atoms with Crippen LogP contribution in [-0.4, -0.2) is 33.2 Å². The van der Waals surface area contributed by atoms with E-state index in [1.54, 1.807) is 58.0 Å². The van der Waals surface area contributed by atoms with Crippen molar-refractivity contribution in [3.8, 4) is 5.75 Å². The van der Waals surface area contributed by atoms with Crippen molar-refractivity contribution in [1.82, 2.24) is 5.32 Å². The van der Waals surface area contributed by atoms with Crippen LogP contribution in [0.1, 0.15) is 44.4 Å². The average Bonchev–Trinajstić information content (AvgIpc) is 2.66. The standard InChI is InChI=1S/C22H27NO7S/c1-15-8-6-7-9-19(15)31(26,27)30-17-12-10-16(11-13-17)18(14-20(24)28-5)23-21(25)29-22(2,3)4/h6-13,18H,14H2,1-5H3,(H,23,25). The van der Waals surface area contributed by atoms with E-state index < -0.39 is 33.8 Å². The lowest BCUT2D eigenvalue weighted by molar-refractivity contribution is -0.141. The molecule has 0 heterocycles. The summed E-state index contributed by atoms with van der Waals surface area (Å²) in [4.78, 5) is 24.0. The van der Waals surface area contributed by atoms with Gasteiger partial charge in [0.1, 0.15) is 16.2 Å². The summed E-state index contributed by atoms with van der Waals surface area (Å²) in [6.45, 7) is 6.85. The lowest BCUT2D eigenvalue weighted by Crippen LogP contribution is -2.36. The first-order valence-electron chi connectivity index (χ1n) is 9.57. The maximum absolute atomic E-state index is 12.5. The van der Waals surface area contributed by atoms with Crippen molar-refractivity contribution in [2.45, 2.75) is 50.7 Å². The van der Waals surface area contributed by atoms with Crippen LogP contribution in [-0.2, 0) is 24.4 Å².